The molecule has 2 saturated heterocycles. The zero-order valence-corrected chi connectivity index (χ0v) is 15.4. The van der Waals surface area contributed by atoms with Crippen LogP contribution < -0.4 is 0 Å². The van der Waals surface area contributed by atoms with Gasteiger partial charge >= 0.3 is 0 Å². The van der Waals surface area contributed by atoms with E-state index in [4.69, 9.17) is 13.9 Å². The largest absolute Gasteiger partial charge is 0.416 e. The summed E-state index contributed by atoms with van der Waals surface area (Å²) in [6.45, 7) is 16.7. The van der Waals surface area contributed by atoms with Crippen LogP contribution in [0.1, 0.15) is 40.0 Å². The highest BCUT2D eigenvalue weighted by molar-refractivity contribution is 6.74. The normalized spacial score (nSPS) is 33.2. The van der Waals surface area contributed by atoms with Gasteiger partial charge in [0.1, 0.15) is 0 Å². The minimum absolute atomic E-state index is 0.216. The zero-order valence-electron chi connectivity index (χ0n) is 14.4. The van der Waals surface area contributed by atoms with E-state index in [0.29, 0.717) is 18.6 Å². The van der Waals surface area contributed by atoms with Crippen LogP contribution in [0, 0.1) is 5.92 Å². The molecule has 0 amide bonds. The fraction of sp³-hybridized carbons (Fsp3) is 0.882. The molecule has 3 nitrogen and oxygen atoms in total. The highest BCUT2D eigenvalue weighted by atomic mass is 28.4. The van der Waals surface area contributed by atoms with Crippen molar-refractivity contribution >= 4 is 8.32 Å². The van der Waals surface area contributed by atoms with Crippen molar-refractivity contribution in [1.82, 2.24) is 0 Å². The SMILES string of the molecule is C=CCO[C@H]1CC[C@H]2C[C@H](CO[Si](C)(C)C(C)(C)C)[C@@H]1O2. The van der Waals surface area contributed by atoms with E-state index >= 15 is 0 Å². The molecule has 0 aliphatic carbocycles. The van der Waals surface area contributed by atoms with E-state index in [0.717, 1.165) is 25.9 Å². The van der Waals surface area contributed by atoms with Crippen LogP contribution in [0.15, 0.2) is 12.7 Å². The smallest absolute Gasteiger partial charge is 0.191 e. The number of hydrogen-bond acceptors (Lipinski definition) is 3. The monoisotopic (exact) mass is 312 g/mol. The molecular weight excluding hydrogens is 280 g/mol. The number of ether oxygens (including phenoxy) is 2. The van der Waals surface area contributed by atoms with Crippen LogP contribution in [-0.2, 0) is 13.9 Å². The molecule has 0 saturated carbocycles. The Morgan fingerprint density at radius 2 is 2.00 bits per heavy atom. The molecule has 21 heavy (non-hydrogen) atoms. The first-order valence-electron chi connectivity index (χ1n) is 8.26. The molecule has 4 atom stereocenters. The lowest BCUT2D eigenvalue weighted by molar-refractivity contribution is -0.111. The molecule has 0 aromatic heterocycles. The minimum atomic E-state index is -1.68. The molecule has 2 bridgehead atoms. The molecule has 2 heterocycles. The number of hydrogen-bond donors (Lipinski definition) is 0. The minimum Gasteiger partial charge on any atom is -0.416 e. The Bertz CT molecular complexity index is 362. The first-order chi connectivity index (χ1) is 9.74. The molecule has 2 aliphatic rings. The molecule has 0 radical (unpaired) electrons. The van der Waals surface area contributed by atoms with Crippen LogP contribution in [0.5, 0.6) is 0 Å². The second kappa shape index (κ2) is 6.53. The van der Waals surface area contributed by atoms with E-state index < -0.39 is 8.32 Å². The summed E-state index contributed by atoms with van der Waals surface area (Å²) in [6.07, 6.45) is 6.04. The van der Waals surface area contributed by atoms with E-state index in [-0.39, 0.29) is 17.2 Å². The molecule has 0 aromatic carbocycles. The van der Waals surface area contributed by atoms with Gasteiger partial charge in [-0.1, -0.05) is 26.8 Å². The average molecular weight is 313 g/mol. The third kappa shape index (κ3) is 3.98. The third-order valence-corrected chi connectivity index (χ3v) is 9.91. The molecular formula is C17H32O3Si. The summed E-state index contributed by atoms with van der Waals surface area (Å²) in [5, 5.41) is 0.264. The second-order valence-corrected chi connectivity index (χ2v) is 12.8. The van der Waals surface area contributed by atoms with Crippen molar-refractivity contribution in [3.05, 3.63) is 12.7 Å². The lowest BCUT2D eigenvalue weighted by Crippen LogP contribution is -2.44. The fourth-order valence-corrected chi connectivity index (χ4v) is 4.08. The first kappa shape index (κ1) is 17.2. The Morgan fingerprint density at radius 3 is 2.62 bits per heavy atom. The number of fused-ring (bicyclic) bond motifs is 2. The lowest BCUT2D eigenvalue weighted by Gasteiger charge is -2.38. The molecule has 0 spiro atoms. The summed E-state index contributed by atoms with van der Waals surface area (Å²) >= 11 is 0. The maximum atomic E-state index is 6.42. The summed E-state index contributed by atoms with van der Waals surface area (Å²) < 4.78 is 18.5. The van der Waals surface area contributed by atoms with Crippen molar-refractivity contribution in [3.8, 4) is 0 Å². The Kier molecular flexibility index (Phi) is 5.34. The van der Waals surface area contributed by atoms with Gasteiger partial charge in [0, 0.05) is 12.5 Å². The Morgan fingerprint density at radius 1 is 1.29 bits per heavy atom. The van der Waals surface area contributed by atoms with Crippen LogP contribution >= 0.6 is 0 Å². The zero-order chi connectivity index (χ0) is 15.7. The molecule has 2 fully saturated rings. The van der Waals surface area contributed by atoms with Gasteiger partial charge in [-0.2, -0.15) is 0 Å². The Balaban J connectivity index is 1.93. The summed E-state index contributed by atoms with van der Waals surface area (Å²) in [5.74, 6) is 0.487. The lowest BCUT2D eigenvalue weighted by atomic mass is 9.99. The highest BCUT2D eigenvalue weighted by Crippen LogP contribution is 2.41. The van der Waals surface area contributed by atoms with Gasteiger partial charge in [-0.15, -0.1) is 6.58 Å². The summed E-state index contributed by atoms with van der Waals surface area (Å²) in [5.41, 5.74) is 0. The molecule has 2 aliphatic heterocycles. The van der Waals surface area contributed by atoms with E-state index in [1.165, 1.54) is 0 Å². The van der Waals surface area contributed by atoms with Crippen molar-refractivity contribution in [1.29, 1.82) is 0 Å². The van der Waals surface area contributed by atoms with Gasteiger partial charge in [0.15, 0.2) is 8.32 Å². The van der Waals surface area contributed by atoms with E-state index in [1.54, 1.807) is 0 Å². The topological polar surface area (TPSA) is 27.7 Å². The summed E-state index contributed by atoms with van der Waals surface area (Å²) in [7, 11) is -1.68. The van der Waals surface area contributed by atoms with Crippen LogP contribution in [-0.4, -0.2) is 39.8 Å². The molecule has 2 rings (SSSR count). The molecule has 122 valence electrons. The van der Waals surface area contributed by atoms with Gasteiger partial charge in [-0.25, -0.2) is 0 Å². The van der Waals surface area contributed by atoms with E-state index in [2.05, 4.69) is 40.4 Å². The second-order valence-electron chi connectivity index (χ2n) is 8.03. The van der Waals surface area contributed by atoms with Gasteiger partial charge in [0.25, 0.3) is 0 Å². The fourth-order valence-electron chi connectivity index (χ4n) is 3.02. The van der Waals surface area contributed by atoms with Gasteiger partial charge in [0.2, 0.25) is 0 Å². The maximum Gasteiger partial charge on any atom is 0.191 e. The molecule has 4 heteroatoms. The maximum absolute atomic E-state index is 6.42. The van der Waals surface area contributed by atoms with Crippen molar-refractivity contribution in [2.24, 2.45) is 5.92 Å². The average Bonchev–Trinajstić information content (AvgIpc) is 2.72. The molecule has 0 N–H and O–H groups in total. The van der Waals surface area contributed by atoms with Crippen molar-refractivity contribution in [2.75, 3.05) is 13.2 Å². The summed E-state index contributed by atoms with van der Waals surface area (Å²) in [4.78, 5) is 0. The van der Waals surface area contributed by atoms with Crippen molar-refractivity contribution in [3.63, 3.8) is 0 Å². The van der Waals surface area contributed by atoms with Crippen LogP contribution in [0.4, 0.5) is 0 Å². The third-order valence-electron chi connectivity index (χ3n) is 5.41. The summed E-state index contributed by atoms with van der Waals surface area (Å²) in [6, 6.07) is 0. The predicted molar refractivity (Wildman–Crippen MR) is 89.1 cm³/mol. The van der Waals surface area contributed by atoms with Gasteiger partial charge in [0.05, 0.1) is 24.9 Å². The Hall–Kier alpha value is -0.163. The van der Waals surface area contributed by atoms with Crippen LogP contribution in [0.25, 0.3) is 0 Å². The predicted octanol–water partition coefficient (Wildman–Crippen LogP) is 4.15. The standard InChI is InChI=1S/C17H32O3Si/c1-7-10-18-15-9-8-14-11-13(16(15)20-14)12-19-21(5,6)17(2,3)4/h7,13-16H,1,8-12H2,2-6H3/t13-,14+,15+,16+/m1/s1. The van der Waals surface area contributed by atoms with Gasteiger partial charge in [-0.05, 0) is 37.4 Å². The highest BCUT2D eigenvalue weighted by Gasteiger charge is 2.46. The molecule has 0 unspecified atom stereocenters. The van der Waals surface area contributed by atoms with E-state index in [9.17, 15) is 0 Å². The first-order valence-corrected chi connectivity index (χ1v) is 11.2. The van der Waals surface area contributed by atoms with Crippen LogP contribution in [0.2, 0.25) is 18.1 Å². The Labute approximate surface area is 131 Å². The van der Waals surface area contributed by atoms with Gasteiger partial charge < -0.3 is 13.9 Å². The molecule has 0 aromatic rings. The van der Waals surface area contributed by atoms with E-state index in [1.807, 2.05) is 6.08 Å². The van der Waals surface area contributed by atoms with Crippen LogP contribution in [0.3, 0.4) is 0 Å². The van der Waals surface area contributed by atoms with Crippen molar-refractivity contribution in [2.45, 2.75) is 76.5 Å². The quantitative estimate of drug-likeness (QED) is 0.545. The number of rotatable bonds is 6. The van der Waals surface area contributed by atoms with Gasteiger partial charge in [-0.3, -0.25) is 0 Å². The van der Waals surface area contributed by atoms with Crippen molar-refractivity contribution < 1.29 is 13.9 Å².